The molecule has 0 bridgehead atoms. The average Bonchev–Trinajstić information content (AvgIpc) is 3.15. The third-order valence-electron chi connectivity index (χ3n) is 4.95. The third-order valence-corrected chi connectivity index (χ3v) is 5.20. The molecule has 4 rings (SSSR count). The molecule has 2 aliphatic rings. The normalized spacial score (nSPS) is 22.4. The van der Waals surface area contributed by atoms with Crippen molar-refractivity contribution in [1.29, 1.82) is 0 Å². The van der Waals surface area contributed by atoms with Crippen molar-refractivity contribution in [2.24, 2.45) is 0 Å². The van der Waals surface area contributed by atoms with Crippen molar-refractivity contribution in [2.75, 3.05) is 24.6 Å². The first-order valence-electron chi connectivity index (χ1n) is 8.74. The molecule has 130 valence electrons. The van der Waals surface area contributed by atoms with Crippen LogP contribution in [0.5, 0.6) is 5.75 Å². The third kappa shape index (κ3) is 2.79. The molecule has 0 saturated carbocycles. The summed E-state index contributed by atoms with van der Waals surface area (Å²) >= 11 is 6.04. The lowest BCUT2D eigenvalue weighted by Crippen LogP contribution is -2.47. The van der Waals surface area contributed by atoms with Gasteiger partial charge < -0.3 is 9.84 Å². The van der Waals surface area contributed by atoms with E-state index in [0.717, 1.165) is 36.4 Å². The van der Waals surface area contributed by atoms with Gasteiger partial charge in [0, 0.05) is 10.6 Å². The summed E-state index contributed by atoms with van der Waals surface area (Å²) < 4.78 is 7.83. The first-order chi connectivity index (χ1) is 12.1. The van der Waals surface area contributed by atoms with Crippen LogP contribution >= 0.6 is 11.6 Å². The molecule has 2 aromatic rings. The van der Waals surface area contributed by atoms with Crippen molar-refractivity contribution < 1.29 is 14.4 Å². The number of hydrogen-bond acceptors (Lipinski definition) is 3. The maximum atomic E-state index is 11.6. The summed E-state index contributed by atoms with van der Waals surface area (Å²) in [7, 11) is 0. The second-order valence-corrected chi connectivity index (χ2v) is 6.96. The molecular weight excluding hydrogens is 336 g/mol. The predicted octanol–water partition coefficient (Wildman–Crippen LogP) is 3.61. The maximum absolute atomic E-state index is 11.6. The van der Waals surface area contributed by atoms with E-state index in [1.165, 1.54) is 5.84 Å². The van der Waals surface area contributed by atoms with E-state index in [4.69, 9.17) is 16.3 Å². The largest absolute Gasteiger partial charge is 0.494 e. The van der Waals surface area contributed by atoms with Crippen molar-refractivity contribution in [1.82, 2.24) is 0 Å². The minimum Gasteiger partial charge on any atom is -0.494 e. The molecule has 2 aliphatic heterocycles. The minimum atomic E-state index is -1.09. The molecular formula is C20H22ClN2O2+. The van der Waals surface area contributed by atoms with E-state index in [0.29, 0.717) is 18.2 Å². The molecule has 2 aromatic carbocycles. The van der Waals surface area contributed by atoms with Crippen molar-refractivity contribution in [3.05, 3.63) is 59.1 Å². The van der Waals surface area contributed by atoms with Crippen molar-refractivity contribution in [3.8, 4) is 5.75 Å². The molecule has 0 spiro atoms. The molecule has 1 unspecified atom stereocenters. The number of amidine groups is 1. The van der Waals surface area contributed by atoms with E-state index >= 15 is 0 Å². The van der Waals surface area contributed by atoms with Crippen molar-refractivity contribution >= 4 is 23.1 Å². The number of halogens is 1. The quantitative estimate of drug-likeness (QED) is 0.849. The van der Waals surface area contributed by atoms with E-state index in [-0.39, 0.29) is 0 Å². The Labute approximate surface area is 152 Å². The van der Waals surface area contributed by atoms with Gasteiger partial charge in [-0.3, -0.25) is 4.58 Å². The van der Waals surface area contributed by atoms with E-state index < -0.39 is 5.72 Å². The lowest BCUT2D eigenvalue weighted by Gasteiger charge is -2.29. The summed E-state index contributed by atoms with van der Waals surface area (Å²) in [5, 5.41) is 12.3. The Balaban J connectivity index is 1.75. The van der Waals surface area contributed by atoms with Gasteiger partial charge >= 0.3 is 0 Å². The molecule has 0 aliphatic carbocycles. The standard InChI is InChI=1S/C20H22ClN2O2/c1-2-25-18-11-9-17(10-12-18)23-19-4-3-13-22(19)14-20(23,24)15-5-7-16(21)8-6-15/h5-12,24H,2-4,13-14H2,1H3/q+1. The number of ether oxygens (including phenoxy) is 1. The Kier molecular flexibility index (Phi) is 4.18. The van der Waals surface area contributed by atoms with Crippen LogP contribution in [-0.2, 0) is 5.72 Å². The summed E-state index contributed by atoms with van der Waals surface area (Å²) in [6, 6.07) is 15.4. The zero-order chi connectivity index (χ0) is 17.4. The van der Waals surface area contributed by atoms with Crippen LogP contribution in [0.4, 0.5) is 5.69 Å². The molecule has 0 aromatic heterocycles. The number of nitrogens with zero attached hydrogens (tertiary/aromatic N) is 2. The van der Waals surface area contributed by atoms with Gasteiger partial charge in [0.25, 0.3) is 11.6 Å². The van der Waals surface area contributed by atoms with Crippen LogP contribution in [0.3, 0.4) is 0 Å². The number of benzene rings is 2. The first kappa shape index (κ1) is 16.4. The van der Waals surface area contributed by atoms with Gasteiger partial charge in [-0.05, 0) is 49.7 Å². The van der Waals surface area contributed by atoms with Crippen LogP contribution in [-0.4, -0.2) is 35.2 Å². The van der Waals surface area contributed by atoms with Gasteiger partial charge in [-0.2, -0.15) is 4.90 Å². The lowest BCUT2D eigenvalue weighted by molar-refractivity contribution is -0.526. The van der Waals surface area contributed by atoms with Crippen LogP contribution in [0.2, 0.25) is 5.02 Å². The van der Waals surface area contributed by atoms with E-state index in [9.17, 15) is 5.11 Å². The van der Waals surface area contributed by atoms with Gasteiger partial charge in [0.15, 0.2) is 6.54 Å². The second-order valence-electron chi connectivity index (χ2n) is 6.53. The fraction of sp³-hybridized carbons (Fsp3) is 0.350. The Morgan fingerprint density at radius 3 is 2.56 bits per heavy atom. The minimum absolute atomic E-state index is 0.567. The Hall–Kier alpha value is -2.04. The monoisotopic (exact) mass is 357 g/mol. The van der Waals surface area contributed by atoms with Crippen LogP contribution < -0.4 is 9.64 Å². The average molecular weight is 358 g/mol. The van der Waals surface area contributed by atoms with Crippen LogP contribution in [0.1, 0.15) is 25.3 Å². The topological polar surface area (TPSA) is 35.7 Å². The van der Waals surface area contributed by atoms with Crippen molar-refractivity contribution in [3.63, 3.8) is 0 Å². The van der Waals surface area contributed by atoms with E-state index in [2.05, 4.69) is 9.48 Å². The SMILES string of the molecule is CCOc1ccc(N2C3=[N+](CCC3)CC2(O)c2ccc(Cl)cc2)cc1. The second kappa shape index (κ2) is 6.36. The van der Waals surface area contributed by atoms with E-state index in [1.807, 2.05) is 55.5 Å². The van der Waals surface area contributed by atoms with Crippen molar-refractivity contribution in [2.45, 2.75) is 25.5 Å². The highest BCUT2D eigenvalue weighted by molar-refractivity contribution is 6.30. The molecule has 1 atom stereocenters. The summed E-state index contributed by atoms with van der Waals surface area (Å²) in [6.07, 6.45) is 2.10. The molecule has 0 amide bonds. The van der Waals surface area contributed by atoms with Gasteiger partial charge in [-0.25, -0.2) is 0 Å². The van der Waals surface area contributed by atoms with Gasteiger partial charge in [-0.1, -0.05) is 23.7 Å². The maximum Gasteiger partial charge on any atom is 0.275 e. The zero-order valence-electron chi connectivity index (χ0n) is 14.3. The molecule has 25 heavy (non-hydrogen) atoms. The van der Waals surface area contributed by atoms with Crippen LogP contribution in [0.25, 0.3) is 0 Å². The number of anilines is 1. The molecule has 0 saturated heterocycles. The molecule has 4 nitrogen and oxygen atoms in total. The smallest absolute Gasteiger partial charge is 0.275 e. The molecule has 5 heteroatoms. The summed E-state index contributed by atoms with van der Waals surface area (Å²) in [5.74, 6) is 2.02. The number of aliphatic hydroxyl groups is 1. The Bertz CT molecular complexity index is 801. The van der Waals surface area contributed by atoms with Gasteiger partial charge in [-0.15, -0.1) is 0 Å². The lowest BCUT2D eigenvalue weighted by atomic mass is 10.00. The summed E-state index contributed by atoms with van der Waals surface area (Å²) in [6.45, 7) is 4.17. The van der Waals surface area contributed by atoms with E-state index in [1.54, 1.807) is 0 Å². The zero-order valence-corrected chi connectivity index (χ0v) is 15.0. The van der Waals surface area contributed by atoms with Gasteiger partial charge in [0.2, 0.25) is 0 Å². The number of rotatable bonds is 4. The highest BCUT2D eigenvalue weighted by atomic mass is 35.5. The van der Waals surface area contributed by atoms with Gasteiger partial charge in [0.1, 0.15) is 11.4 Å². The molecule has 0 fully saturated rings. The fourth-order valence-electron chi connectivity index (χ4n) is 3.85. The summed E-state index contributed by atoms with van der Waals surface area (Å²) in [5.41, 5.74) is 0.737. The fourth-order valence-corrected chi connectivity index (χ4v) is 3.97. The highest BCUT2D eigenvalue weighted by Crippen LogP contribution is 2.39. The van der Waals surface area contributed by atoms with Crippen LogP contribution in [0, 0.1) is 0 Å². The Morgan fingerprint density at radius 1 is 1.16 bits per heavy atom. The highest BCUT2D eigenvalue weighted by Gasteiger charge is 2.55. The Morgan fingerprint density at radius 2 is 1.88 bits per heavy atom. The van der Waals surface area contributed by atoms with Gasteiger partial charge in [0.05, 0.1) is 19.6 Å². The molecule has 2 heterocycles. The first-order valence-corrected chi connectivity index (χ1v) is 9.12. The number of hydrogen-bond donors (Lipinski definition) is 1. The summed E-state index contributed by atoms with van der Waals surface area (Å²) in [4.78, 5) is 2.07. The van der Waals surface area contributed by atoms with Crippen LogP contribution in [0.15, 0.2) is 48.5 Å². The molecule has 0 radical (unpaired) electrons. The predicted molar refractivity (Wildman–Crippen MR) is 99.7 cm³/mol. The molecule has 1 N–H and O–H groups in total.